The number of nitrogens with zero attached hydrogens (tertiary/aromatic N) is 3. The van der Waals surface area contributed by atoms with Gasteiger partial charge in [-0.15, -0.1) is 0 Å². The number of carbonyl (C=O) groups excluding carboxylic acids is 1. The highest BCUT2D eigenvalue weighted by atomic mass is 16.5. The molecule has 160 valence electrons. The highest BCUT2D eigenvalue weighted by molar-refractivity contribution is 6.09. The Morgan fingerprint density at radius 2 is 1.81 bits per heavy atom. The fourth-order valence-corrected chi connectivity index (χ4v) is 4.11. The molecule has 1 saturated heterocycles. The molecule has 0 bridgehead atoms. The molecular formula is C25H28N4O2. The standard InChI is InChI=1S/C25H28N4O2/c1-18(20-12-9-13-21(16-20)24(30)19-10-5-3-6-11-19)22-17-23(28-31-22)25(26,27-2)29-14-7-4-8-15-29/h3,5-6,9-13,16-18H,2,4,7-8,14-15,26H2,1H3. The second-order valence-corrected chi connectivity index (χ2v) is 8.09. The van der Waals surface area contributed by atoms with Crippen LogP contribution in [-0.4, -0.2) is 35.6 Å². The first-order valence-corrected chi connectivity index (χ1v) is 10.7. The minimum Gasteiger partial charge on any atom is -0.360 e. The molecule has 0 amide bonds. The molecule has 3 aromatic rings. The van der Waals surface area contributed by atoms with E-state index in [1.54, 1.807) is 0 Å². The van der Waals surface area contributed by atoms with Crippen molar-refractivity contribution in [3.05, 3.63) is 88.8 Å². The number of hydrogen-bond acceptors (Lipinski definition) is 6. The van der Waals surface area contributed by atoms with E-state index in [-0.39, 0.29) is 11.7 Å². The number of benzene rings is 2. The van der Waals surface area contributed by atoms with Crippen molar-refractivity contribution in [1.29, 1.82) is 0 Å². The number of rotatable bonds is 7. The van der Waals surface area contributed by atoms with Gasteiger partial charge in [0.05, 0.1) is 0 Å². The molecule has 2 unspecified atom stereocenters. The van der Waals surface area contributed by atoms with Crippen molar-refractivity contribution < 1.29 is 9.32 Å². The second kappa shape index (κ2) is 8.96. The third kappa shape index (κ3) is 4.22. The van der Waals surface area contributed by atoms with Gasteiger partial charge in [0.15, 0.2) is 5.78 Å². The molecule has 1 fully saturated rings. The lowest BCUT2D eigenvalue weighted by molar-refractivity contribution is 0.0700. The zero-order valence-electron chi connectivity index (χ0n) is 17.8. The van der Waals surface area contributed by atoms with Gasteiger partial charge in [0, 0.05) is 36.2 Å². The summed E-state index contributed by atoms with van der Waals surface area (Å²) < 4.78 is 5.68. The Labute approximate surface area is 182 Å². The molecule has 0 aliphatic carbocycles. The van der Waals surface area contributed by atoms with E-state index in [1.165, 1.54) is 6.42 Å². The third-order valence-electron chi connectivity index (χ3n) is 6.10. The monoisotopic (exact) mass is 416 g/mol. The quantitative estimate of drug-likeness (QED) is 0.458. The van der Waals surface area contributed by atoms with Crippen LogP contribution in [0.25, 0.3) is 0 Å². The Bertz CT molecular complexity index is 1060. The third-order valence-corrected chi connectivity index (χ3v) is 6.10. The van der Waals surface area contributed by atoms with Crippen molar-refractivity contribution in [1.82, 2.24) is 10.1 Å². The van der Waals surface area contributed by atoms with Crippen LogP contribution in [0.15, 0.2) is 70.2 Å². The normalized spacial score (nSPS) is 17.6. The number of hydrogen-bond donors (Lipinski definition) is 1. The van der Waals surface area contributed by atoms with Crippen molar-refractivity contribution in [3.63, 3.8) is 0 Å². The number of carbonyl (C=O) groups is 1. The SMILES string of the molecule is C=NC(N)(c1cc(C(C)c2cccc(C(=O)c3ccccc3)c2)on1)N1CCCCC1. The predicted molar refractivity (Wildman–Crippen MR) is 121 cm³/mol. The number of ketones is 1. The smallest absolute Gasteiger partial charge is 0.211 e. The topological polar surface area (TPSA) is 84.7 Å². The molecule has 6 nitrogen and oxygen atoms in total. The molecule has 0 saturated carbocycles. The summed E-state index contributed by atoms with van der Waals surface area (Å²) in [6.45, 7) is 7.46. The molecular weight excluding hydrogens is 388 g/mol. The Hall–Kier alpha value is -3.09. The highest BCUT2D eigenvalue weighted by Gasteiger charge is 2.37. The average Bonchev–Trinajstić information content (AvgIpc) is 3.35. The lowest BCUT2D eigenvalue weighted by atomic mass is 9.94. The minimum absolute atomic E-state index is 0.00478. The maximum absolute atomic E-state index is 12.8. The average molecular weight is 417 g/mol. The molecule has 31 heavy (non-hydrogen) atoms. The second-order valence-electron chi connectivity index (χ2n) is 8.09. The van der Waals surface area contributed by atoms with Crippen LogP contribution in [-0.2, 0) is 5.79 Å². The summed E-state index contributed by atoms with van der Waals surface area (Å²) in [5.41, 5.74) is 9.44. The van der Waals surface area contributed by atoms with Gasteiger partial charge >= 0.3 is 0 Å². The van der Waals surface area contributed by atoms with Gasteiger partial charge in [0.2, 0.25) is 5.79 Å². The van der Waals surface area contributed by atoms with Gasteiger partial charge in [-0.05, 0) is 31.2 Å². The minimum atomic E-state index is -1.09. The lowest BCUT2D eigenvalue weighted by Gasteiger charge is -2.38. The summed E-state index contributed by atoms with van der Waals surface area (Å²) in [6.07, 6.45) is 3.36. The summed E-state index contributed by atoms with van der Waals surface area (Å²) in [4.78, 5) is 19.2. The van der Waals surface area contributed by atoms with Crippen LogP contribution in [0.1, 0.15) is 65.0 Å². The molecule has 2 atom stereocenters. The van der Waals surface area contributed by atoms with Crippen LogP contribution in [0.3, 0.4) is 0 Å². The zero-order valence-corrected chi connectivity index (χ0v) is 17.8. The Kier molecular flexibility index (Phi) is 6.11. The van der Waals surface area contributed by atoms with Crippen LogP contribution >= 0.6 is 0 Å². The fraction of sp³-hybridized carbons (Fsp3) is 0.320. The molecule has 1 aliphatic rings. The van der Waals surface area contributed by atoms with Crippen LogP contribution in [0.2, 0.25) is 0 Å². The van der Waals surface area contributed by atoms with Gasteiger partial charge in [-0.25, -0.2) is 0 Å². The maximum atomic E-state index is 12.8. The number of piperidine rings is 1. The molecule has 1 aliphatic heterocycles. The number of nitrogens with two attached hydrogens (primary N) is 1. The maximum Gasteiger partial charge on any atom is 0.211 e. The van der Waals surface area contributed by atoms with E-state index in [4.69, 9.17) is 10.3 Å². The molecule has 2 heterocycles. The predicted octanol–water partition coefficient (Wildman–Crippen LogP) is 4.31. The summed E-state index contributed by atoms with van der Waals surface area (Å²) in [7, 11) is 0. The summed E-state index contributed by atoms with van der Waals surface area (Å²) in [5.74, 6) is -0.516. The summed E-state index contributed by atoms with van der Waals surface area (Å²) >= 11 is 0. The number of aliphatic imine (C=N–C) groups is 1. The van der Waals surface area contributed by atoms with Crippen molar-refractivity contribution in [3.8, 4) is 0 Å². The molecule has 4 rings (SSSR count). The molecule has 6 heteroatoms. The van der Waals surface area contributed by atoms with Crippen LogP contribution < -0.4 is 5.73 Å². The largest absolute Gasteiger partial charge is 0.360 e. The van der Waals surface area contributed by atoms with E-state index in [0.29, 0.717) is 22.6 Å². The first-order chi connectivity index (χ1) is 15.0. The number of likely N-dealkylation sites (tertiary alicyclic amines) is 1. The molecule has 2 N–H and O–H groups in total. The summed E-state index contributed by atoms with van der Waals surface area (Å²) in [6, 6.07) is 18.8. The van der Waals surface area contributed by atoms with Crippen LogP contribution in [0.4, 0.5) is 0 Å². The van der Waals surface area contributed by atoms with Gasteiger partial charge in [-0.3, -0.25) is 20.4 Å². The van der Waals surface area contributed by atoms with Crippen molar-refractivity contribution in [2.45, 2.75) is 37.9 Å². The van der Waals surface area contributed by atoms with Crippen molar-refractivity contribution >= 4 is 12.5 Å². The van der Waals surface area contributed by atoms with Gasteiger partial charge in [-0.1, -0.05) is 67.0 Å². The molecule has 2 aromatic carbocycles. The van der Waals surface area contributed by atoms with E-state index in [2.05, 4.69) is 21.8 Å². The van der Waals surface area contributed by atoms with Gasteiger partial charge in [0.25, 0.3) is 0 Å². The number of aromatic nitrogens is 1. The zero-order chi connectivity index (χ0) is 21.8. The van der Waals surface area contributed by atoms with Gasteiger partial charge in [0.1, 0.15) is 11.5 Å². The van der Waals surface area contributed by atoms with E-state index in [0.717, 1.165) is 31.5 Å². The first kappa shape index (κ1) is 21.2. The van der Waals surface area contributed by atoms with Crippen LogP contribution in [0.5, 0.6) is 0 Å². The van der Waals surface area contributed by atoms with E-state index in [9.17, 15) is 4.79 Å². The first-order valence-electron chi connectivity index (χ1n) is 10.7. The Morgan fingerprint density at radius 3 is 2.52 bits per heavy atom. The Balaban J connectivity index is 1.58. The molecule has 1 aromatic heterocycles. The van der Waals surface area contributed by atoms with Crippen molar-refractivity contribution in [2.75, 3.05) is 13.1 Å². The molecule has 0 spiro atoms. The van der Waals surface area contributed by atoms with E-state index < -0.39 is 5.79 Å². The molecule has 0 radical (unpaired) electrons. The highest BCUT2D eigenvalue weighted by Crippen LogP contribution is 2.31. The van der Waals surface area contributed by atoms with E-state index >= 15 is 0 Å². The van der Waals surface area contributed by atoms with Gasteiger partial charge in [-0.2, -0.15) is 0 Å². The Morgan fingerprint density at radius 1 is 1.10 bits per heavy atom. The lowest BCUT2D eigenvalue weighted by Crippen LogP contribution is -2.53. The van der Waals surface area contributed by atoms with E-state index in [1.807, 2.05) is 67.6 Å². The summed E-state index contributed by atoms with van der Waals surface area (Å²) in [5, 5.41) is 4.24. The van der Waals surface area contributed by atoms with Gasteiger partial charge < -0.3 is 4.52 Å². The van der Waals surface area contributed by atoms with Crippen LogP contribution in [0, 0.1) is 0 Å². The fourth-order valence-electron chi connectivity index (χ4n) is 4.11. The van der Waals surface area contributed by atoms with Crippen molar-refractivity contribution in [2.24, 2.45) is 10.7 Å².